The third kappa shape index (κ3) is 21.6. The van der Waals surface area contributed by atoms with Crippen molar-refractivity contribution >= 4 is 0 Å². The Morgan fingerprint density at radius 2 is 0.464 bits per heavy atom. The molecule has 10 rings (SSSR count). The molecule has 0 heteroatoms. The minimum Gasteiger partial charge on any atom is -0.0622 e. The second kappa shape index (κ2) is 32.7. The lowest BCUT2D eigenvalue weighted by molar-refractivity contribution is 0.522. The first-order chi connectivity index (χ1) is 45.4. The average Bonchev–Trinajstić information content (AvgIpc) is 0.763. The Hall–Kier alpha value is -7.80. The van der Waals surface area contributed by atoms with Crippen molar-refractivity contribution in [2.24, 2.45) is 0 Å². The Balaban J connectivity index is 0.000000195. The minimum atomic E-state index is -0.632. The van der Waals surface area contributed by atoms with E-state index in [1.807, 2.05) is 26.0 Å². The highest BCUT2D eigenvalue weighted by Gasteiger charge is 2.30. The minimum absolute atomic E-state index is 0.00544. The molecule has 0 heterocycles. The fourth-order valence-corrected chi connectivity index (χ4v) is 14.2. The zero-order chi connectivity index (χ0) is 73.1. The molecular formula is C97H124. The Labute approximate surface area is 594 Å². The molecule has 0 fully saturated rings. The summed E-state index contributed by atoms with van der Waals surface area (Å²) in [5, 5.41) is 0. The maximum atomic E-state index is 8.75. The molecule has 0 aromatic heterocycles. The largest absolute Gasteiger partial charge is 0.0622 e. The lowest BCUT2D eigenvalue weighted by atomic mass is 9.70. The third-order valence-electron chi connectivity index (χ3n) is 18.3. The molecule has 0 aliphatic heterocycles. The molecule has 0 unspecified atom stereocenters. The van der Waals surface area contributed by atoms with Gasteiger partial charge in [0.25, 0.3) is 0 Å². The number of rotatable bonds is 8. The smallest absolute Gasteiger partial charge is 0.0347 e. The monoisotopic (exact) mass is 1290 g/mol. The standard InChI is InChI=1S/C23H32.C22H30.2C18H22.C16H18/c1-16(2)19-14-18(17-12-10-9-11-13-17)15-20(22(3,4)5)21(19)23(6,7)8;1-15(2)19-13-18(17-11-9-8-10-12-17)14-20(16(3)4)21(19)22(5,6)7;2*1-13-11-16(15-9-7-6-8-10-15)12-14(2)17(13)18(3,4)5;1-16(2,3)15-11-9-14(10-12-15)13-7-5-4-6-8-13/h9-16H,1-8H3;8-16H,1-7H3;2*6-12H,1-5H3;4-12H,1-3H3/i16D;;;;. The molecule has 97 heavy (non-hydrogen) atoms. The summed E-state index contributed by atoms with van der Waals surface area (Å²) in [7, 11) is 0. The van der Waals surface area contributed by atoms with E-state index < -0.39 is 5.89 Å². The van der Waals surface area contributed by atoms with Crippen molar-refractivity contribution in [2.75, 3.05) is 0 Å². The summed E-state index contributed by atoms with van der Waals surface area (Å²) in [6, 6.07) is 80.4. The topological polar surface area (TPSA) is 0 Å². The predicted molar refractivity (Wildman–Crippen MR) is 433 cm³/mol. The van der Waals surface area contributed by atoms with Gasteiger partial charge in [-0.2, -0.15) is 0 Å². The fourth-order valence-electron chi connectivity index (χ4n) is 14.2. The van der Waals surface area contributed by atoms with Gasteiger partial charge in [0.15, 0.2) is 0 Å². The van der Waals surface area contributed by atoms with E-state index >= 15 is 0 Å². The Morgan fingerprint density at radius 3 is 0.701 bits per heavy atom. The molecule has 512 valence electrons. The summed E-state index contributed by atoms with van der Waals surface area (Å²) in [6.07, 6.45) is 0. The molecule has 0 aliphatic carbocycles. The average molecular weight is 1290 g/mol. The normalized spacial score (nSPS) is 12.2. The molecule has 0 nitrogen and oxygen atoms in total. The summed E-state index contributed by atoms with van der Waals surface area (Å²) in [5.41, 5.74) is 32.0. The predicted octanol–water partition coefficient (Wildman–Crippen LogP) is 29.2. The fraction of sp³-hybridized carbons (Fsp3) is 0.381. The van der Waals surface area contributed by atoms with Crippen molar-refractivity contribution in [1.82, 2.24) is 0 Å². The molecule has 0 atom stereocenters. The molecule has 0 bridgehead atoms. The molecule has 0 radical (unpaired) electrons. The van der Waals surface area contributed by atoms with Gasteiger partial charge < -0.3 is 0 Å². The van der Waals surface area contributed by atoms with Gasteiger partial charge in [-0.05, 0) is 206 Å². The van der Waals surface area contributed by atoms with E-state index in [0.717, 1.165) is 5.56 Å². The highest BCUT2D eigenvalue weighted by molar-refractivity contribution is 5.71. The number of hydrogen-bond donors (Lipinski definition) is 0. The van der Waals surface area contributed by atoms with Crippen molar-refractivity contribution < 1.29 is 1.37 Å². The number of hydrogen-bond acceptors (Lipinski definition) is 0. The van der Waals surface area contributed by atoms with Crippen LogP contribution < -0.4 is 0 Å². The summed E-state index contributed by atoms with van der Waals surface area (Å²) >= 11 is 0. The lowest BCUT2D eigenvalue weighted by Crippen LogP contribution is -2.24. The maximum Gasteiger partial charge on any atom is 0.0347 e. The summed E-state index contributed by atoms with van der Waals surface area (Å²) in [5.74, 6) is 0.443. The number of aryl methyl sites for hydroxylation is 4. The van der Waals surface area contributed by atoms with Crippen LogP contribution >= 0.6 is 0 Å². The van der Waals surface area contributed by atoms with E-state index in [1.165, 1.54) is 122 Å². The number of benzene rings is 10. The van der Waals surface area contributed by atoms with Gasteiger partial charge in [-0.15, -0.1) is 0 Å². The van der Waals surface area contributed by atoms with Crippen LogP contribution in [-0.2, 0) is 32.5 Å². The first-order valence-electron chi connectivity index (χ1n) is 36.4. The van der Waals surface area contributed by atoms with Crippen LogP contribution in [0.2, 0.25) is 0 Å². The van der Waals surface area contributed by atoms with Gasteiger partial charge in [-0.3, -0.25) is 0 Å². The Kier molecular flexibility index (Phi) is 25.8. The van der Waals surface area contributed by atoms with Gasteiger partial charge in [0.2, 0.25) is 0 Å². The van der Waals surface area contributed by atoms with Crippen molar-refractivity contribution in [2.45, 2.75) is 244 Å². The zero-order valence-corrected chi connectivity index (χ0v) is 65.5. The van der Waals surface area contributed by atoms with Crippen LogP contribution in [0.3, 0.4) is 0 Å². The molecule has 0 N–H and O–H groups in total. The van der Waals surface area contributed by atoms with Gasteiger partial charge in [-0.25, -0.2) is 0 Å². The summed E-state index contributed by atoms with van der Waals surface area (Å²) in [6.45, 7) is 63.1. The van der Waals surface area contributed by atoms with Crippen molar-refractivity contribution in [3.63, 3.8) is 0 Å². The van der Waals surface area contributed by atoms with Gasteiger partial charge >= 0.3 is 0 Å². The second-order valence-electron chi connectivity index (χ2n) is 34.2. The van der Waals surface area contributed by atoms with E-state index in [9.17, 15) is 0 Å². The molecule has 0 saturated carbocycles. The second-order valence-corrected chi connectivity index (χ2v) is 34.2. The maximum absolute atomic E-state index is 8.75. The van der Waals surface area contributed by atoms with Crippen LogP contribution in [0.15, 0.2) is 224 Å². The zero-order valence-electron chi connectivity index (χ0n) is 66.5. The van der Waals surface area contributed by atoms with Crippen LogP contribution in [0.1, 0.15) is 258 Å². The summed E-state index contributed by atoms with van der Waals surface area (Å²) < 4.78 is 8.75. The van der Waals surface area contributed by atoms with Crippen molar-refractivity contribution in [3.8, 4) is 55.6 Å². The van der Waals surface area contributed by atoms with E-state index in [2.05, 4.69) is 392 Å². The van der Waals surface area contributed by atoms with Gasteiger partial charge in [-0.1, -0.05) is 391 Å². The highest BCUT2D eigenvalue weighted by Crippen LogP contribution is 2.44. The Morgan fingerprint density at radius 1 is 0.227 bits per heavy atom. The first kappa shape index (κ1) is 76.6. The van der Waals surface area contributed by atoms with Gasteiger partial charge in [0.1, 0.15) is 0 Å². The molecule has 0 saturated heterocycles. The van der Waals surface area contributed by atoms with E-state index in [0.29, 0.717) is 11.8 Å². The van der Waals surface area contributed by atoms with Crippen LogP contribution in [0.25, 0.3) is 55.6 Å². The molecular weight excluding hydrogens is 1170 g/mol. The molecule has 0 aliphatic rings. The molecule has 10 aromatic carbocycles. The van der Waals surface area contributed by atoms with E-state index in [-0.39, 0.29) is 32.5 Å². The molecule has 0 amide bonds. The van der Waals surface area contributed by atoms with Crippen LogP contribution in [-0.4, -0.2) is 0 Å². The summed E-state index contributed by atoms with van der Waals surface area (Å²) in [4.78, 5) is 0. The van der Waals surface area contributed by atoms with Crippen LogP contribution in [0.4, 0.5) is 0 Å². The quantitative estimate of drug-likeness (QED) is 0.142. The molecule has 10 aromatic rings. The van der Waals surface area contributed by atoms with E-state index in [4.69, 9.17) is 1.37 Å². The van der Waals surface area contributed by atoms with E-state index in [1.54, 1.807) is 0 Å². The Bertz CT molecular complexity index is 3910. The van der Waals surface area contributed by atoms with Gasteiger partial charge in [0, 0.05) is 1.37 Å². The van der Waals surface area contributed by atoms with Crippen molar-refractivity contribution in [3.05, 3.63) is 297 Å². The first-order valence-corrected chi connectivity index (χ1v) is 35.9. The van der Waals surface area contributed by atoms with Crippen molar-refractivity contribution in [1.29, 1.82) is 0 Å². The van der Waals surface area contributed by atoms with Crippen LogP contribution in [0.5, 0.6) is 0 Å². The third-order valence-corrected chi connectivity index (χ3v) is 18.3. The molecule has 0 spiro atoms. The van der Waals surface area contributed by atoms with Crippen LogP contribution in [0, 0.1) is 27.7 Å². The highest BCUT2D eigenvalue weighted by atomic mass is 14.3. The van der Waals surface area contributed by atoms with Gasteiger partial charge in [0.05, 0.1) is 0 Å². The lowest BCUT2D eigenvalue weighted by Gasteiger charge is -2.34. The SMILES string of the molecule is CC(C)(C)c1ccc(-c2ccccc2)cc1.CC(C)c1cc(-c2ccccc2)cc(C(C)C)c1C(C)(C)C.Cc1cc(-c2ccccc2)cc(C)c1C(C)(C)C.Cc1cc(-c2ccccc2)cc(C)c1C(C)(C)C.[2H]C(C)(C)c1cc(-c2ccccc2)cc(C(C)(C)C)c1C(C)(C)C.